The molecule has 0 saturated carbocycles. The van der Waals surface area contributed by atoms with Gasteiger partial charge in [0.2, 0.25) is 0 Å². The van der Waals surface area contributed by atoms with Crippen LogP contribution >= 0.6 is 34.2 Å². The number of ether oxygens (including phenoxy) is 1. The van der Waals surface area contributed by atoms with Crippen LogP contribution in [0, 0.1) is 3.57 Å². The summed E-state index contributed by atoms with van der Waals surface area (Å²) >= 11 is 8.10. The third kappa shape index (κ3) is 3.02. The number of nitrogens with two attached hydrogens (primary N) is 1. The van der Waals surface area contributed by atoms with Crippen LogP contribution < -0.4 is 5.73 Å². The Bertz CT molecular complexity index is 357. The van der Waals surface area contributed by atoms with E-state index in [1.165, 1.54) is 0 Å². The summed E-state index contributed by atoms with van der Waals surface area (Å²) in [5.41, 5.74) is 5.67. The molecule has 1 unspecified atom stereocenters. The highest BCUT2D eigenvalue weighted by Crippen LogP contribution is 2.26. The van der Waals surface area contributed by atoms with Gasteiger partial charge in [-0.15, -0.1) is 0 Å². The molecule has 0 spiro atoms. The van der Waals surface area contributed by atoms with E-state index in [1.807, 2.05) is 12.1 Å². The first-order chi connectivity index (χ1) is 6.50. The monoisotopic (exact) mass is 325 g/mol. The van der Waals surface area contributed by atoms with Gasteiger partial charge in [-0.25, -0.2) is 4.79 Å². The predicted octanol–water partition coefficient (Wildman–Crippen LogP) is 3.10. The van der Waals surface area contributed by atoms with Crippen LogP contribution in [0.1, 0.15) is 18.6 Å². The Kier molecular flexibility index (Phi) is 4.00. The maximum Gasteiger partial charge on any atom is 0.405 e. The van der Waals surface area contributed by atoms with E-state index < -0.39 is 12.2 Å². The van der Waals surface area contributed by atoms with Crippen molar-refractivity contribution in [3.63, 3.8) is 0 Å². The Labute approximate surface area is 101 Å². The molecule has 0 aliphatic heterocycles. The number of primary amides is 1. The van der Waals surface area contributed by atoms with Crippen LogP contribution in [0.5, 0.6) is 0 Å². The summed E-state index contributed by atoms with van der Waals surface area (Å²) in [6.07, 6.45) is -1.22. The Morgan fingerprint density at radius 2 is 2.29 bits per heavy atom. The van der Waals surface area contributed by atoms with Crippen molar-refractivity contribution in [3.05, 3.63) is 32.4 Å². The first kappa shape index (κ1) is 11.6. The number of hydrogen-bond donors (Lipinski definition) is 1. The molecule has 76 valence electrons. The lowest BCUT2D eigenvalue weighted by Crippen LogP contribution is -2.15. The van der Waals surface area contributed by atoms with Gasteiger partial charge in [0, 0.05) is 14.2 Å². The van der Waals surface area contributed by atoms with E-state index in [2.05, 4.69) is 22.6 Å². The van der Waals surface area contributed by atoms with Gasteiger partial charge in [0.05, 0.1) is 0 Å². The molecule has 0 aliphatic carbocycles. The molecule has 1 rings (SSSR count). The van der Waals surface area contributed by atoms with E-state index >= 15 is 0 Å². The fourth-order valence-corrected chi connectivity index (χ4v) is 1.85. The molecule has 0 saturated heterocycles. The number of halogens is 2. The second kappa shape index (κ2) is 4.84. The highest BCUT2D eigenvalue weighted by atomic mass is 127. The Balaban J connectivity index is 2.93. The predicted molar refractivity (Wildman–Crippen MR) is 63.3 cm³/mol. The molecule has 1 aromatic rings. The van der Waals surface area contributed by atoms with Crippen LogP contribution in [0.25, 0.3) is 0 Å². The van der Waals surface area contributed by atoms with E-state index in [-0.39, 0.29) is 0 Å². The standard InChI is InChI=1S/C9H9ClINO2/c1-5(14-9(12)13)7-4-6(11)2-3-8(7)10/h2-5H,1H3,(H2,12,13). The van der Waals surface area contributed by atoms with Crippen molar-refractivity contribution in [1.82, 2.24) is 0 Å². The maximum absolute atomic E-state index is 10.5. The fourth-order valence-electron chi connectivity index (χ4n) is 1.06. The lowest BCUT2D eigenvalue weighted by molar-refractivity contribution is 0.116. The largest absolute Gasteiger partial charge is 0.442 e. The summed E-state index contributed by atoms with van der Waals surface area (Å²) in [5, 5.41) is 0.569. The minimum Gasteiger partial charge on any atom is -0.442 e. The quantitative estimate of drug-likeness (QED) is 0.850. The van der Waals surface area contributed by atoms with Crippen molar-refractivity contribution in [2.24, 2.45) is 5.73 Å². The summed E-state index contributed by atoms with van der Waals surface area (Å²) in [6.45, 7) is 1.72. The van der Waals surface area contributed by atoms with Crippen molar-refractivity contribution in [1.29, 1.82) is 0 Å². The summed E-state index contributed by atoms with van der Waals surface area (Å²) in [6, 6.07) is 5.50. The van der Waals surface area contributed by atoms with Crippen molar-refractivity contribution in [2.75, 3.05) is 0 Å². The molecule has 3 nitrogen and oxygen atoms in total. The smallest absolute Gasteiger partial charge is 0.405 e. The summed E-state index contributed by atoms with van der Waals surface area (Å²) in [5.74, 6) is 0. The highest BCUT2D eigenvalue weighted by molar-refractivity contribution is 14.1. The topological polar surface area (TPSA) is 52.3 Å². The van der Waals surface area contributed by atoms with Crippen LogP contribution in [-0.2, 0) is 4.74 Å². The molecule has 1 aromatic carbocycles. The summed E-state index contributed by atoms with van der Waals surface area (Å²) in [4.78, 5) is 10.5. The zero-order chi connectivity index (χ0) is 10.7. The van der Waals surface area contributed by atoms with Crippen LogP contribution in [0.15, 0.2) is 18.2 Å². The van der Waals surface area contributed by atoms with Gasteiger partial charge in [0.25, 0.3) is 0 Å². The molecule has 5 heteroatoms. The van der Waals surface area contributed by atoms with Gasteiger partial charge < -0.3 is 10.5 Å². The van der Waals surface area contributed by atoms with Crippen molar-refractivity contribution in [3.8, 4) is 0 Å². The number of rotatable bonds is 2. The molecular formula is C9H9ClINO2. The molecule has 1 atom stereocenters. The first-order valence-corrected chi connectivity index (χ1v) is 5.37. The van der Waals surface area contributed by atoms with Crippen LogP contribution in [0.3, 0.4) is 0 Å². The number of hydrogen-bond acceptors (Lipinski definition) is 2. The molecule has 2 N–H and O–H groups in total. The van der Waals surface area contributed by atoms with Gasteiger partial charge in [-0.2, -0.15) is 0 Å². The minimum absolute atomic E-state index is 0.422. The molecule has 0 aliphatic rings. The number of carbonyl (C=O) groups excluding carboxylic acids is 1. The Hall–Kier alpha value is -0.490. The first-order valence-electron chi connectivity index (χ1n) is 3.91. The summed E-state index contributed by atoms with van der Waals surface area (Å²) < 4.78 is 5.85. The third-order valence-corrected chi connectivity index (χ3v) is 2.70. The maximum atomic E-state index is 10.5. The molecule has 0 aromatic heterocycles. The van der Waals surface area contributed by atoms with Crippen molar-refractivity contribution >= 4 is 40.3 Å². The number of benzene rings is 1. The molecule has 0 heterocycles. The molecule has 14 heavy (non-hydrogen) atoms. The van der Waals surface area contributed by atoms with Crippen molar-refractivity contribution in [2.45, 2.75) is 13.0 Å². The second-order valence-electron chi connectivity index (χ2n) is 2.74. The average molecular weight is 326 g/mol. The normalized spacial score (nSPS) is 12.2. The van der Waals surface area contributed by atoms with E-state index in [4.69, 9.17) is 22.1 Å². The number of carbonyl (C=O) groups is 1. The minimum atomic E-state index is -0.799. The number of amides is 1. The van der Waals surface area contributed by atoms with Crippen molar-refractivity contribution < 1.29 is 9.53 Å². The lowest BCUT2D eigenvalue weighted by atomic mass is 10.1. The highest BCUT2D eigenvalue weighted by Gasteiger charge is 2.12. The third-order valence-electron chi connectivity index (χ3n) is 1.69. The Morgan fingerprint density at radius 3 is 2.86 bits per heavy atom. The Morgan fingerprint density at radius 1 is 1.64 bits per heavy atom. The average Bonchev–Trinajstić information content (AvgIpc) is 2.08. The SMILES string of the molecule is CC(OC(N)=O)c1cc(I)ccc1Cl. The van der Waals surface area contributed by atoms with Gasteiger partial charge in [0.1, 0.15) is 6.10 Å². The lowest BCUT2D eigenvalue weighted by Gasteiger charge is -2.13. The van der Waals surface area contributed by atoms with Gasteiger partial charge >= 0.3 is 6.09 Å². The molecule has 0 fully saturated rings. The zero-order valence-electron chi connectivity index (χ0n) is 7.46. The van der Waals surface area contributed by atoms with Crippen LogP contribution in [0.4, 0.5) is 4.79 Å². The molecule has 0 radical (unpaired) electrons. The van der Waals surface area contributed by atoms with Gasteiger partial charge in [0.15, 0.2) is 0 Å². The zero-order valence-corrected chi connectivity index (χ0v) is 10.4. The van der Waals surface area contributed by atoms with E-state index in [0.717, 1.165) is 9.13 Å². The van der Waals surface area contributed by atoms with Crippen LogP contribution in [0.2, 0.25) is 5.02 Å². The van der Waals surface area contributed by atoms with Gasteiger partial charge in [-0.3, -0.25) is 0 Å². The van der Waals surface area contributed by atoms with Crippen LogP contribution in [-0.4, -0.2) is 6.09 Å². The molecule has 1 amide bonds. The fraction of sp³-hybridized carbons (Fsp3) is 0.222. The van der Waals surface area contributed by atoms with E-state index in [0.29, 0.717) is 5.02 Å². The van der Waals surface area contributed by atoms with E-state index in [1.54, 1.807) is 13.0 Å². The van der Waals surface area contributed by atoms with E-state index in [9.17, 15) is 4.79 Å². The molecule has 0 bridgehead atoms. The van der Waals surface area contributed by atoms with Gasteiger partial charge in [-0.1, -0.05) is 11.6 Å². The molecular weight excluding hydrogens is 316 g/mol. The second-order valence-corrected chi connectivity index (χ2v) is 4.40. The van der Waals surface area contributed by atoms with Gasteiger partial charge in [-0.05, 0) is 47.7 Å². The summed E-state index contributed by atoms with van der Waals surface area (Å²) in [7, 11) is 0.